The molecule has 10 heteroatoms. The number of benzene rings is 2. The number of aryl methyl sites for hydroxylation is 1. The molecule has 174 valence electrons. The van der Waals surface area contributed by atoms with E-state index in [9.17, 15) is 20.0 Å². The van der Waals surface area contributed by atoms with Gasteiger partial charge in [0, 0.05) is 38.9 Å². The summed E-state index contributed by atoms with van der Waals surface area (Å²) in [7, 11) is 1.39. The summed E-state index contributed by atoms with van der Waals surface area (Å²) in [5, 5.41) is 21.6. The summed E-state index contributed by atoms with van der Waals surface area (Å²) in [5.74, 6) is -0.620. The van der Waals surface area contributed by atoms with Crippen LogP contribution >= 0.6 is 23.2 Å². The average molecular weight is 515 g/mol. The number of carbonyl (C=O) groups excluding carboxylic acids is 1. The molecule has 0 bridgehead atoms. The van der Waals surface area contributed by atoms with E-state index < -0.39 is 16.4 Å². The molecule has 31 heavy (non-hydrogen) atoms. The van der Waals surface area contributed by atoms with Crippen LogP contribution in [0.5, 0.6) is 5.75 Å². The van der Waals surface area contributed by atoms with Gasteiger partial charge in [0.1, 0.15) is 0 Å². The smallest absolute Gasteiger partial charge is 0.312 e. The summed E-state index contributed by atoms with van der Waals surface area (Å²) >= 11 is 12.0. The van der Waals surface area contributed by atoms with E-state index in [1.165, 1.54) is 13.2 Å². The fourth-order valence-electron chi connectivity index (χ4n) is 2.23. The molecule has 0 aliphatic carbocycles. The van der Waals surface area contributed by atoms with Gasteiger partial charge in [-0.3, -0.25) is 19.9 Å². The van der Waals surface area contributed by atoms with Crippen molar-refractivity contribution in [2.24, 2.45) is 10.9 Å². The number of methoxy groups -OCH3 is 1. The maximum absolute atomic E-state index is 10.9. The monoisotopic (exact) mass is 513 g/mol. The van der Waals surface area contributed by atoms with E-state index in [-0.39, 0.29) is 46.4 Å². The molecule has 1 N–H and O–H groups in total. The van der Waals surface area contributed by atoms with Crippen molar-refractivity contribution in [3.8, 4) is 5.75 Å². The van der Waals surface area contributed by atoms with E-state index in [0.717, 1.165) is 11.6 Å². The van der Waals surface area contributed by atoms with Gasteiger partial charge in [-0.15, -0.1) is 0 Å². The zero-order chi connectivity index (χ0) is 22.3. The Hall–Kier alpha value is -2.15. The predicted octanol–water partition coefficient (Wildman–Crippen LogP) is 6.32. The summed E-state index contributed by atoms with van der Waals surface area (Å²) in [4.78, 5) is 24.9. The summed E-state index contributed by atoms with van der Waals surface area (Å²) in [6, 6.07) is 7.86. The van der Waals surface area contributed by atoms with Crippen LogP contribution in [0.4, 0.5) is 11.4 Å². The number of ether oxygens (including phenoxy) is 1. The Bertz CT molecular complexity index is 929. The number of phenolic OH excluding ortho intramolecular Hbond substituents is 1. The molecule has 0 aliphatic rings. The maximum Gasteiger partial charge on any atom is 0.312 e. The Morgan fingerprint density at radius 2 is 1.84 bits per heavy atom. The number of nitro groups is 1. The van der Waals surface area contributed by atoms with Crippen LogP contribution in [-0.2, 0) is 26.0 Å². The van der Waals surface area contributed by atoms with Crippen LogP contribution in [0.15, 0.2) is 35.3 Å². The summed E-state index contributed by atoms with van der Waals surface area (Å²) in [5.41, 5.74) is 1.50. The van der Waals surface area contributed by atoms with E-state index in [1.807, 2.05) is 13.0 Å². The summed E-state index contributed by atoms with van der Waals surface area (Å²) in [6.07, 6.45) is 0. The first-order valence-electron chi connectivity index (χ1n) is 8.55. The molecule has 0 radical (unpaired) electrons. The second-order valence-corrected chi connectivity index (χ2v) is 7.20. The van der Waals surface area contributed by atoms with Crippen LogP contribution < -0.4 is 0 Å². The molecule has 2 rings (SSSR count). The van der Waals surface area contributed by atoms with Gasteiger partial charge >= 0.3 is 11.7 Å². The molecule has 0 amide bonds. The third kappa shape index (κ3) is 8.85. The SMILES string of the molecule is CC(=Nc1c(C)cccc1Cl)c1cc(Cl)cc([N+](=O)[O-])c1O.COC(=O)C(C)C.[CH3-].[Ni]. The van der Waals surface area contributed by atoms with Crippen molar-refractivity contribution in [3.05, 3.63) is 69.0 Å². The number of nitro benzene ring substituents is 1. The van der Waals surface area contributed by atoms with E-state index in [1.54, 1.807) is 32.9 Å². The van der Waals surface area contributed by atoms with Crippen LogP contribution in [0.3, 0.4) is 0 Å². The topological polar surface area (TPSA) is 102 Å². The van der Waals surface area contributed by atoms with Gasteiger partial charge in [-0.1, -0.05) is 49.2 Å². The molecule has 0 atom stereocenters. The van der Waals surface area contributed by atoms with E-state index >= 15 is 0 Å². The third-order valence-corrected chi connectivity index (χ3v) is 4.30. The van der Waals surface area contributed by atoms with Crippen molar-refractivity contribution < 1.29 is 36.1 Å². The summed E-state index contributed by atoms with van der Waals surface area (Å²) < 4.78 is 4.37. The van der Waals surface area contributed by atoms with Crippen molar-refractivity contribution in [3.63, 3.8) is 0 Å². The van der Waals surface area contributed by atoms with Gasteiger partial charge in [-0.05, 0) is 31.5 Å². The van der Waals surface area contributed by atoms with Gasteiger partial charge in [0.05, 0.1) is 28.7 Å². The molecule has 0 saturated heterocycles. The number of rotatable bonds is 4. The second-order valence-electron chi connectivity index (χ2n) is 6.36. The number of phenols is 1. The first-order valence-corrected chi connectivity index (χ1v) is 9.30. The van der Waals surface area contributed by atoms with Crippen LogP contribution in [0, 0.1) is 30.4 Å². The summed E-state index contributed by atoms with van der Waals surface area (Å²) in [6.45, 7) is 7.06. The van der Waals surface area contributed by atoms with E-state index in [4.69, 9.17) is 23.2 Å². The standard InChI is InChI=1S/C15H12Cl2N2O3.C5H10O2.CH3.Ni/c1-8-4-3-5-12(17)14(8)18-9(2)11-6-10(16)7-13(15(11)20)19(21)22;1-4(2)5(6)7-3;;/h3-7,20H,1-2H3;4H,1-3H3;1H3;/q;;-1;. The number of aliphatic imine (C=N–C) groups is 1. The molecule has 2 aromatic rings. The minimum absolute atomic E-state index is 0. The molecule has 0 spiro atoms. The fourth-order valence-corrected chi connectivity index (χ4v) is 2.70. The molecule has 0 aliphatic heterocycles. The quantitative estimate of drug-likeness (QED) is 0.128. The number of esters is 1. The van der Waals surface area contributed by atoms with Crippen LogP contribution in [0.1, 0.15) is 31.9 Å². The largest absolute Gasteiger partial charge is 0.502 e. The minimum Gasteiger partial charge on any atom is -0.502 e. The first kappa shape index (κ1) is 31.0. The number of halogens is 2. The van der Waals surface area contributed by atoms with Crippen molar-refractivity contribution >= 4 is 46.3 Å². The molecule has 2 aromatic carbocycles. The number of nitrogens with zero attached hydrogens (tertiary/aromatic N) is 2. The van der Waals surface area contributed by atoms with E-state index in [2.05, 4.69) is 9.73 Å². The molecule has 0 saturated carbocycles. The molecule has 0 heterocycles. The van der Waals surface area contributed by atoms with Crippen molar-refractivity contribution in [1.29, 1.82) is 0 Å². The first-order chi connectivity index (χ1) is 13.5. The van der Waals surface area contributed by atoms with Crippen LogP contribution in [0.25, 0.3) is 0 Å². The van der Waals surface area contributed by atoms with Gasteiger partial charge < -0.3 is 17.3 Å². The maximum atomic E-state index is 10.9. The van der Waals surface area contributed by atoms with Crippen LogP contribution in [0.2, 0.25) is 10.0 Å². The van der Waals surface area contributed by atoms with Gasteiger partial charge in [-0.2, -0.15) is 0 Å². The van der Waals surface area contributed by atoms with Gasteiger partial charge in [0.2, 0.25) is 5.75 Å². The van der Waals surface area contributed by atoms with E-state index in [0.29, 0.717) is 16.4 Å². The van der Waals surface area contributed by atoms with Crippen molar-refractivity contribution in [2.75, 3.05) is 7.11 Å². The number of hydrogen-bond donors (Lipinski definition) is 1. The van der Waals surface area contributed by atoms with Gasteiger partial charge in [-0.25, -0.2) is 0 Å². The minimum atomic E-state index is -0.696. The van der Waals surface area contributed by atoms with Crippen molar-refractivity contribution in [1.82, 2.24) is 0 Å². The Kier molecular flexibility index (Phi) is 14.0. The molecule has 7 nitrogen and oxygen atoms in total. The van der Waals surface area contributed by atoms with Gasteiger partial charge in [0.25, 0.3) is 0 Å². The second kappa shape index (κ2) is 14.0. The molecular formula is C21H25Cl2N2NiO5-. The number of para-hydroxylation sites is 1. The molecule has 0 fully saturated rings. The zero-order valence-corrected chi connectivity index (χ0v) is 20.5. The number of aromatic hydroxyl groups is 1. The zero-order valence-electron chi connectivity index (χ0n) is 18.0. The Morgan fingerprint density at radius 1 is 1.26 bits per heavy atom. The van der Waals surface area contributed by atoms with Gasteiger partial charge in [0.15, 0.2) is 0 Å². The Morgan fingerprint density at radius 3 is 2.26 bits per heavy atom. The van der Waals surface area contributed by atoms with Crippen LogP contribution in [-0.4, -0.2) is 28.8 Å². The molecule has 0 unspecified atom stereocenters. The number of hydrogen-bond acceptors (Lipinski definition) is 6. The number of carbonyl (C=O) groups is 1. The molecule has 0 aromatic heterocycles. The molecular weight excluding hydrogens is 490 g/mol. The fraction of sp³-hybridized carbons (Fsp3) is 0.286. The average Bonchev–Trinajstić information content (AvgIpc) is 2.65. The predicted molar refractivity (Wildman–Crippen MR) is 121 cm³/mol. The normalized spacial score (nSPS) is 10.3. The Labute approximate surface area is 202 Å². The van der Waals surface area contributed by atoms with Crippen molar-refractivity contribution in [2.45, 2.75) is 27.7 Å². The third-order valence-electron chi connectivity index (χ3n) is 3.78. The Balaban J connectivity index is 0.